The second-order valence-corrected chi connectivity index (χ2v) is 30.2. The van der Waals surface area contributed by atoms with Crippen LogP contribution >= 0.6 is 0 Å². The highest BCUT2D eigenvalue weighted by Gasteiger charge is 2.63. The van der Waals surface area contributed by atoms with Crippen molar-refractivity contribution in [2.24, 2.45) is 0 Å². The standard InChI is InChI=1S/C32H81N5O11Si5/c1-33(2)23-18-28-49(38-11,39-12)45-51(42-15,30-20-25-35(5)6)47-53(44-17,32-22-27-37(9)10)48-52(43-16,31-21-26-36(7)8)46-50(40-13,41-14)29-19-24-34(3)4/h18-32H2,1-17H3. The van der Waals surface area contributed by atoms with Gasteiger partial charge in [0.25, 0.3) is 0 Å². The molecule has 0 aliphatic rings. The summed E-state index contributed by atoms with van der Waals surface area (Å²) < 4.78 is 73.0. The maximum atomic E-state index is 7.36. The molecule has 0 N–H and O–H groups in total. The Hall–Kier alpha value is 0.444. The summed E-state index contributed by atoms with van der Waals surface area (Å²) in [6.45, 7) is 4.09. The topological polar surface area (TPSA) is 118 Å². The lowest BCUT2D eigenvalue weighted by Gasteiger charge is -2.45. The normalized spacial score (nSPS) is 16.6. The summed E-state index contributed by atoms with van der Waals surface area (Å²) in [5.41, 5.74) is 0. The average Bonchev–Trinajstić information content (AvgIpc) is 3.09. The fraction of sp³-hybridized carbons (Fsp3) is 1.00. The van der Waals surface area contributed by atoms with Crippen molar-refractivity contribution in [1.29, 1.82) is 0 Å². The minimum atomic E-state index is -3.78. The largest absolute Gasteiger partial charge is 0.493 e. The fourth-order valence-electron chi connectivity index (χ4n) is 5.78. The molecule has 0 spiro atoms. The summed E-state index contributed by atoms with van der Waals surface area (Å²) >= 11 is 0. The molecular formula is C32H81N5O11Si5. The van der Waals surface area contributed by atoms with Gasteiger partial charge in [-0.1, -0.05) is 0 Å². The summed E-state index contributed by atoms with van der Waals surface area (Å²) in [6.07, 6.45) is 3.84. The molecule has 320 valence electrons. The van der Waals surface area contributed by atoms with Gasteiger partial charge in [-0.25, -0.2) is 0 Å². The lowest BCUT2D eigenvalue weighted by atomic mass is 10.5. The first kappa shape index (κ1) is 53.4. The van der Waals surface area contributed by atoms with Gasteiger partial charge < -0.3 is 71.9 Å². The van der Waals surface area contributed by atoms with Crippen molar-refractivity contribution in [3.63, 3.8) is 0 Å². The van der Waals surface area contributed by atoms with Crippen molar-refractivity contribution in [3.05, 3.63) is 0 Å². The number of hydrogen-bond donors (Lipinski definition) is 0. The van der Waals surface area contributed by atoms with E-state index in [0.29, 0.717) is 30.2 Å². The summed E-state index contributed by atoms with van der Waals surface area (Å²) in [5.74, 6) is 0. The van der Waals surface area contributed by atoms with Crippen LogP contribution in [0.1, 0.15) is 32.1 Å². The van der Waals surface area contributed by atoms with Crippen LogP contribution in [-0.4, -0.2) is 221 Å². The van der Waals surface area contributed by atoms with Crippen LogP contribution in [0.25, 0.3) is 0 Å². The molecule has 0 aliphatic heterocycles. The van der Waals surface area contributed by atoms with E-state index in [-0.39, 0.29) is 0 Å². The van der Waals surface area contributed by atoms with Gasteiger partial charge in [-0.2, -0.15) is 0 Å². The molecule has 21 heteroatoms. The predicted octanol–water partition coefficient (Wildman–Crippen LogP) is 3.03. The molecule has 53 heavy (non-hydrogen) atoms. The summed E-state index contributed by atoms with van der Waals surface area (Å²) in [7, 11) is 14.3. The molecule has 0 radical (unpaired) electrons. The van der Waals surface area contributed by atoms with Crippen molar-refractivity contribution < 1.29 is 47.4 Å². The molecule has 0 aromatic heterocycles. The zero-order valence-electron chi connectivity index (χ0n) is 36.8. The summed E-state index contributed by atoms with van der Waals surface area (Å²) in [4.78, 5) is 10.7. The van der Waals surface area contributed by atoms with Gasteiger partial charge in [-0.3, -0.25) is 0 Å². The Morgan fingerprint density at radius 1 is 0.264 bits per heavy atom. The van der Waals surface area contributed by atoms with Crippen molar-refractivity contribution in [1.82, 2.24) is 24.5 Å². The molecule has 0 heterocycles. The highest BCUT2D eigenvalue weighted by atomic mass is 28.5. The first-order valence-electron chi connectivity index (χ1n) is 18.7. The quantitative estimate of drug-likeness (QED) is 0.0870. The minimum absolute atomic E-state index is 0.469. The van der Waals surface area contributed by atoms with E-state index in [1.165, 1.54) is 0 Å². The van der Waals surface area contributed by atoms with Crippen LogP contribution in [0.5, 0.6) is 0 Å². The Labute approximate surface area is 330 Å². The Balaban J connectivity index is 7.46. The number of rotatable bonds is 35. The maximum absolute atomic E-state index is 7.36. The predicted molar refractivity (Wildman–Crippen MR) is 222 cm³/mol. The van der Waals surface area contributed by atoms with Crippen LogP contribution in [0.15, 0.2) is 0 Å². The molecule has 16 nitrogen and oxygen atoms in total. The Morgan fingerprint density at radius 3 is 0.566 bits per heavy atom. The van der Waals surface area contributed by atoms with Crippen molar-refractivity contribution in [3.8, 4) is 0 Å². The molecule has 0 bridgehead atoms. The van der Waals surface area contributed by atoms with Gasteiger partial charge in [-0.05, 0) is 135 Å². The molecule has 2 unspecified atom stereocenters. The molecule has 0 aromatic carbocycles. The summed E-state index contributed by atoms with van der Waals surface area (Å²) in [6, 6.07) is 2.63. The van der Waals surface area contributed by atoms with E-state index in [2.05, 4.69) is 24.5 Å². The molecule has 0 saturated carbocycles. The van der Waals surface area contributed by atoms with E-state index in [1.54, 1.807) is 49.8 Å². The zero-order chi connectivity index (χ0) is 40.8. The van der Waals surface area contributed by atoms with E-state index >= 15 is 0 Å². The van der Waals surface area contributed by atoms with Gasteiger partial charge in [0.1, 0.15) is 0 Å². The molecule has 0 aromatic rings. The molecule has 0 rings (SSSR count). The van der Waals surface area contributed by atoms with Crippen LogP contribution < -0.4 is 0 Å². The molecule has 0 saturated heterocycles. The number of nitrogens with zero attached hydrogens (tertiary/aromatic N) is 5. The fourth-order valence-corrected chi connectivity index (χ4v) is 26.3. The molecular weight excluding hydrogens is 771 g/mol. The van der Waals surface area contributed by atoms with E-state index in [4.69, 9.17) is 47.4 Å². The van der Waals surface area contributed by atoms with Gasteiger partial charge in [0.15, 0.2) is 0 Å². The van der Waals surface area contributed by atoms with Crippen molar-refractivity contribution >= 4 is 44.0 Å². The average molecular weight is 852 g/mol. The second kappa shape index (κ2) is 27.2. The van der Waals surface area contributed by atoms with Gasteiger partial charge in [0, 0.05) is 80.0 Å². The number of hydrogen-bond acceptors (Lipinski definition) is 16. The lowest BCUT2D eigenvalue weighted by Crippen LogP contribution is -2.68. The maximum Gasteiger partial charge on any atom is 0.493 e. The molecule has 0 fully saturated rings. The third-order valence-corrected chi connectivity index (χ3v) is 28.0. The van der Waals surface area contributed by atoms with E-state index < -0.39 is 44.0 Å². The van der Waals surface area contributed by atoms with Crippen LogP contribution in [0.3, 0.4) is 0 Å². The van der Waals surface area contributed by atoms with Crippen molar-refractivity contribution in [2.45, 2.75) is 62.3 Å². The van der Waals surface area contributed by atoms with Crippen LogP contribution in [0.4, 0.5) is 0 Å². The highest BCUT2D eigenvalue weighted by molar-refractivity contribution is 6.85. The van der Waals surface area contributed by atoms with E-state index in [1.807, 2.05) is 70.5 Å². The van der Waals surface area contributed by atoms with Crippen LogP contribution in [-0.2, 0) is 47.4 Å². The minimum Gasteiger partial charge on any atom is -0.378 e. The Bertz CT molecular complexity index is 872. The van der Waals surface area contributed by atoms with Gasteiger partial charge in [0.05, 0.1) is 0 Å². The van der Waals surface area contributed by atoms with Gasteiger partial charge in [-0.15, -0.1) is 0 Å². The van der Waals surface area contributed by atoms with Gasteiger partial charge >= 0.3 is 44.0 Å². The molecule has 0 aliphatic carbocycles. The first-order chi connectivity index (χ1) is 24.8. The highest BCUT2D eigenvalue weighted by Crippen LogP contribution is 2.36. The SMILES string of the molecule is CO[Si](CCCN(C)C)(OC)O[Si](CCCN(C)C)(OC)O[Si](CCCN(C)C)(OC)O[Si](CCCN(C)C)(OC)O[Si](CCCN(C)C)(OC)OC. The van der Waals surface area contributed by atoms with Gasteiger partial charge in [0.2, 0.25) is 0 Å². The third kappa shape index (κ3) is 20.6. The van der Waals surface area contributed by atoms with Crippen LogP contribution in [0.2, 0.25) is 30.2 Å². The summed E-state index contributed by atoms with van der Waals surface area (Å²) in [5, 5.41) is 0. The van der Waals surface area contributed by atoms with E-state index in [0.717, 1.165) is 64.8 Å². The Morgan fingerprint density at radius 2 is 0.415 bits per heavy atom. The smallest absolute Gasteiger partial charge is 0.378 e. The Kier molecular flexibility index (Phi) is 27.4. The first-order valence-corrected chi connectivity index (χ1v) is 28.4. The monoisotopic (exact) mass is 851 g/mol. The van der Waals surface area contributed by atoms with Crippen LogP contribution in [0, 0.1) is 0 Å². The molecule has 2 atom stereocenters. The zero-order valence-corrected chi connectivity index (χ0v) is 41.8. The van der Waals surface area contributed by atoms with E-state index in [9.17, 15) is 0 Å². The van der Waals surface area contributed by atoms with Crippen molar-refractivity contribution in [2.75, 3.05) is 153 Å². The lowest BCUT2D eigenvalue weighted by molar-refractivity contribution is 0.0545. The second-order valence-electron chi connectivity index (χ2n) is 14.8. The third-order valence-electron chi connectivity index (χ3n) is 8.86. The molecule has 0 amide bonds.